The maximum atomic E-state index is 11.9. The fraction of sp³-hybridized carbons (Fsp3) is 0.100. The minimum Gasteiger partial charge on any atom is -0.489 e. The molecule has 0 radical (unpaired) electrons. The van der Waals surface area contributed by atoms with Crippen LogP contribution in [0.15, 0.2) is 76.4 Å². The van der Waals surface area contributed by atoms with Gasteiger partial charge >= 0.3 is 0 Å². The van der Waals surface area contributed by atoms with Gasteiger partial charge in [-0.3, -0.25) is 4.79 Å². The smallest absolute Gasteiger partial charge is 0.274 e. The third-order valence-corrected chi connectivity index (χ3v) is 3.59. The molecule has 5 heteroatoms. The molecule has 1 aromatic heterocycles. The number of amides is 1. The SMILES string of the molecule is Cc1occc1C(=O)NN=Cc1cccc(OCc2ccccc2)c1. The largest absolute Gasteiger partial charge is 0.489 e. The Balaban J connectivity index is 1.58. The fourth-order valence-electron chi connectivity index (χ4n) is 2.27. The van der Waals surface area contributed by atoms with Crippen molar-refractivity contribution in [3.63, 3.8) is 0 Å². The third kappa shape index (κ3) is 4.57. The first-order valence-corrected chi connectivity index (χ1v) is 7.86. The second-order valence-corrected chi connectivity index (χ2v) is 5.44. The van der Waals surface area contributed by atoms with E-state index < -0.39 is 0 Å². The first kappa shape index (κ1) is 16.5. The highest BCUT2D eigenvalue weighted by Gasteiger charge is 2.09. The van der Waals surface area contributed by atoms with Gasteiger partial charge in [-0.1, -0.05) is 42.5 Å². The van der Waals surface area contributed by atoms with Crippen molar-refractivity contribution in [2.45, 2.75) is 13.5 Å². The van der Waals surface area contributed by atoms with E-state index in [2.05, 4.69) is 10.5 Å². The number of hydrazone groups is 1. The molecule has 126 valence electrons. The van der Waals surface area contributed by atoms with Crippen LogP contribution in [0.4, 0.5) is 0 Å². The van der Waals surface area contributed by atoms with Gasteiger partial charge in [-0.2, -0.15) is 5.10 Å². The van der Waals surface area contributed by atoms with E-state index in [0.29, 0.717) is 17.9 Å². The molecule has 3 aromatic rings. The summed E-state index contributed by atoms with van der Waals surface area (Å²) >= 11 is 0. The first-order chi connectivity index (χ1) is 12.2. The summed E-state index contributed by atoms with van der Waals surface area (Å²) in [7, 11) is 0. The summed E-state index contributed by atoms with van der Waals surface area (Å²) in [5, 5.41) is 3.98. The van der Waals surface area contributed by atoms with Gasteiger partial charge in [0.15, 0.2) is 0 Å². The number of rotatable bonds is 6. The molecule has 0 atom stereocenters. The van der Waals surface area contributed by atoms with E-state index in [1.54, 1.807) is 19.2 Å². The second kappa shape index (κ2) is 7.97. The van der Waals surface area contributed by atoms with Crippen LogP contribution in [-0.4, -0.2) is 12.1 Å². The van der Waals surface area contributed by atoms with E-state index >= 15 is 0 Å². The normalized spacial score (nSPS) is 10.8. The predicted molar refractivity (Wildman–Crippen MR) is 95.7 cm³/mol. The van der Waals surface area contributed by atoms with Crippen LogP contribution in [0.25, 0.3) is 0 Å². The Hall–Kier alpha value is -3.34. The quantitative estimate of drug-likeness (QED) is 0.549. The molecule has 3 rings (SSSR count). The third-order valence-electron chi connectivity index (χ3n) is 3.59. The highest BCUT2D eigenvalue weighted by Crippen LogP contribution is 2.14. The number of carbonyl (C=O) groups is 1. The van der Waals surface area contributed by atoms with Crippen LogP contribution >= 0.6 is 0 Å². The number of benzene rings is 2. The zero-order valence-corrected chi connectivity index (χ0v) is 13.8. The van der Waals surface area contributed by atoms with Crippen LogP contribution in [0.5, 0.6) is 5.75 Å². The maximum Gasteiger partial charge on any atom is 0.274 e. The van der Waals surface area contributed by atoms with Crippen molar-refractivity contribution in [2.75, 3.05) is 0 Å². The van der Waals surface area contributed by atoms with E-state index in [0.717, 1.165) is 16.9 Å². The van der Waals surface area contributed by atoms with Crippen LogP contribution in [0.1, 0.15) is 27.2 Å². The minimum absolute atomic E-state index is 0.306. The molecule has 1 heterocycles. The molecular weight excluding hydrogens is 316 g/mol. The van der Waals surface area contributed by atoms with E-state index in [9.17, 15) is 4.79 Å². The van der Waals surface area contributed by atoms with Gasteiger partial charge in [-0.15, -0.1) is 0 Å². The minimum atomic E-state index is -0.306. The van der Waals surface area contributed by atoms with Gasteiger partial charge in [-0.25, -0.2) is 5.43 Å². The lowest BCUT2D eigenvalue weighted by Crippen LogP contribution is -2.17. The Morgan fingerprint density at radius 1 is 1.16 bits per heavy atom. The Morgan fingerprint density at radius 2 is 2.00 bits per heavy atom. The predicted octanol–water partition coefficient (Wildman–Crippen LogP) is 3.93. The summed E-state index contributed by atoms with van der Waals surface area (Å²) in [5.74, 6) is 0.993. The summed E-state index contributed by atoms with van der Waals surface area (Å²) in [6.45, 7) is 2.23. The number of furan rings is 1. The van der Waals surface area contributed by atoms with Crippen LogP contribution in [0.2, 0.25) is 0 Å². The van der Waals surface area contributed by atoms with Gasteiger partial charge in [0.2, 0.25) is 0 Å². The van der Waals surface area contributed by atoms with Gasteiger partial charge in [0.1, 0.15) is 18.1 Å². The number of hydrogen-bond acceptors (Lipinski definition) is 4. The molecule has 0 aliphatic heterocycles. The molecule has 0 unspecified atom stereocenters. The summed E-state index contributed by atoms with van der Waals surface area (Å²) in [5.41, 5.74) is 4.88. The second-order valence-electron chi connectivity index (χ2n) is 5.44. The summed E-state index contributed by atoms with van der Waals surface area (Å²) in [4.78, 5) is 11.9. The number of aryl methyl sites for hydroxylation is 1. The monoisotopic (exact) mass is 334 g/mol. The van der Waals surface area contributed by atoms with Crippen molar-refractivity contribution in [3.05, 3.63) is 89.4 Å². The number of hydrogen-bond donors (Lipinski definition) is 1. The number of carbonyl (C=O) groups excluding carboxylic acids is 1. The lowest BCUT2D eigenvalue weighted by atomic mass is 10.2. The fourth-order valence-corrected chi connectivity index (χ4v) is 2.27. The van der Waals surface area contributed by atoms with Gasteiger partial charge in [0.25, 0.3) is 5.91 Å². The van der Waals surface area contributed by atoms with E-state index in [4.69, 9.17) is 9.15 Å². The van der Waals surface area contributed by atoms with Crippen molar-refractivity contribution in [1.29, 1.82) is 0 Å². The standard InChI is InChI=1S/C20H18N2O3/c1-15-19(10-11-24-15)20(23)22-21-13-17-8-5-9-18(12-17)25-14-16-6-3-2-4-7-16/h2-13H,14H2,1H3,(H,22,23). The number of ether oxygens (including phenoxy) is 1. The Bertz CT molecular complexity index is 869. The van der Waals surface area contributed by atoms with Crippen LogP contribution in [0.3, 0.4) is 0 Å². The molecule has 2 aromatic carbocycles. The van der Waals surface area contributed by atoms with E-state index in [1.807, 2.05) is 54.6 Å². The van der Waals surface area contributed by atoms with Gasteiger partial charge < -0.3 is 9.15 Å². The molecule has 1 amide bonds. The first-order valence-electron chi connectivity index (χ1n) is 7.86. The van der Waals surface area contributed by atoms with Gasteiger partial charge in [0.05, 0.1) is 18.0 Å². The molecule has 0 aliphatic carbocycles. The number of nitrogens with one attached hydrogen (secondary N) is 1. The average Bonchev–Trinajstić information content (AvgIpc) is 3.07. The maximum absolute atomic E-state index is 11.9. The zero-order chi connectivity index (χ0) is 17.5. The molecule has 0 saturated heterocycles. The average molecular weight is 334 g/mol. The summed E-state index contributed by atoms with van der Waals surface area (Å²) < 4.78 is 10.9. The molecule has 0 saturated carbocycles. The zero-order valence-electron chi connectivity index (χ0n) is 13.8. The molecule has 0 fully saturated rings. The van der Waals surface area contributed by atoms with Gasteiger partial charge in [-0.05, 0) is 36.2 Å². The van der Waals surface area contributed by atoms with E-state index in [1.165, 1.54) is 6.26 Å². The van der Waals surface area contributed by atoms with E-state index in [-0.39, 0.29) is 5.91 Å². The Labute approximate surface area is 145 Å². The van der Waals surface area contributed by atoms with Crippen LogP contribution in [0, 0.1) is 6.92 Å². The highest BCUT2D eigenvalue weighted by molar-refractivity contribution is 5.95. The van der Waals surface area contributed by atoms with Crippen molar-refractivity contribution in [2.24, 2.45) is 5.10 Å². The number of nitrogens with zero attached hydrogens (tertiary/aromatic N) is 1. The Kier molecular flexibility index (Phi) is 5.26. The topological polar surface area (TPSA) is 63.8 Å². The lowest BCUT2D eigenvalue weighted by Gasteiger charge is -2.06. The Morgan fingerprint density at radius 3 is 2.76 bits per heavy atom. The molecular formula is C20H18N2O3. The van der Waals surface area contributed by atoms with Crippen molar-refractivity contribution in [3.8, 4) is 5.75 Å². The van der Waals surface area contributed by atoms with Gasteiger partial charge in [0, 0.05) is 0 Å². The van der Waals surface area contributed by atoms with Crippen LogP contribution in [-0.2, 0) is 6.61 Å². The van der Waals surface area contributed by atoms with Crippen molar-refractivity contribution < 1.29 is 13.9 Å². The van der Waals surface area contributed by atoms with Crippen molar-refractivity contribution >= 4 is 12.1 Å². The molecule has 0 aliphatic rings. The summed E-state index contributed by atoms with van der Waals surface area (Å²) in [6, 6.07) is 19.1. The highest BCUT2D eigenvalue weighted by atomic mass is 16.5. The summed E-state index contributed by atoms with van der Waals surface area (Å²) in [6.07, 6.45) is 3.05. The molecule has 0 bridgehead atoms. The lowest BCUT2D eigenvalue weighted by molar-refractivity contribution is 0.0953. The molecule has 25 heavy (non-hydrogen) atoms. The molecule has 1 N–H and O–H groups in total. The molecule has 5 nitrogen and oxygen atoms in total. The molecule has 0 spiro atoms. The van der Waals surface area contributed by atoms with Crippen molar-refractivity contribution in [1.82, 2.24) is 5.43 Å². The van der Waals surface area contributed by atoms with Crippen LogP contribution < -0.4 is 10.2 Å².